The Kier molecular flexibility index (Phi) is 9.59. The molecular weight excluding hydrogens is 544 g/mol. The zero-order chi connectivity index (χ0) is 31.9. The van der Waals surface area contributed by atoms with Crippen molar-refractivity contribution in [2.24, 2.45) is 28.6 Å². The van der Waals surface area contributed by atoms with Crippen molar-refractivity contribution in [3.63, 3.8) is 0 Å². The van der Waals surface area contributed by atoms with Crippen molar-refractivity contribution in [1.82, 2.24) is 0 Å². The van der Waals surface area contributed by atoms with Crippen LogP contribution in [-0.2, 0) is 20.7 Å². The van der Waals surface area contributed by atoms with E-state index >= 15 is 0 Å². The molecule has 0 amide bonds. The van der Waals surface area contributed by atoms with Crippen LogP contribution in [0.2, 0.25) is 0 Å². The summed E-state index contributed by atoms with van der Waals surface area (Å²) in [5, 5.41) is 22.3. The Morgan fingerprint density at radius 2 is 1.81 bits per heavy atom. The van der Waals surface area contributed by atoms with E-state index in [4.69, 9.17) is 13.9 Å². The van der Waals surface area contributed by atoms with Gasteiger partial charge in [-0.15, -0.1) is 0 Å². The zero-order valence-corrected chi connectivity index (χ0v) is 27.4. The topological polar surface area (TPSA) is 106 Å². The van der Waals surface area contributed by atoms with E-state index in [9.17, 15) is 19.8 Å². The van der Waals surface area contributed by atoms with Crippen molar-refractivity contribution < 1.29 is 28.9 Å². The van der Waals surface area contributed by atoms with E-state index in [0.29, 0.717) is 35.7 Å². The lowest BCUT2D eigenvalue weighted by atomic mass is 9.44. The molecule has 8 atom stereocenters. The van der Waals surface area contributed by atoms with Gasteiger partial charge in [0.2, 0.25) is 0 Å². The number of aliphatic hydroxyl groups excluding tert-OH is 1. The molecule has 0 spiro atoms. The van der Waals surface area contributed by atoms with Crippen LogP contribution in [0.1, 0.15) is 97.0 Å². The van der Waals surface area contributed by atoms with Gasteiger partial charge < -0.3 is 24.1 Å². The third-order valence-electron chi connectivity index (χ3n) is 11.3. The molecule has 0 radical (unpaired) electrons. The molecule has 1 aliphatic heterocycles. The quantitative estimate of drug-likeness (QED) is 0.153. The van der Waals surface area contributed by atoms with Gasteiger partial charge in [-0.2, -0.15) is 0 Å². The first-order valence-corrected chi connectivity index (χ1v) is 16.0. The van der Waals surface area contributed by atoms with Gasteiger partial charge >= 0.3 is 11.6 Å². The maximum atomic E-state index is 12.9. The van der Waals surface area contributed by atoms with Crippen LogP contribution < -0.4 is 5.63 Å². The minimum Gasteiger partial charge on any atom is -0.507 e. The second-order valence-corrected chi connectivity index (χ2v) is 14.4. The normalized spacial score (nSPS) is 34.9. The highest BCUT2D eigenvalue weighted by Crippen LogP contribution is 2.64. The standard InChI is InChI=1S/C36H52O7/c1-10-21(2)13-11-12-14-31(38)42-29-15-18-36(9)28-20-27(37)23(4)26(19-25-32(39)22(3)24(5)41-33(25)40)35(28,8)17-16-30(36)43-34(29,6)7/h11-14,21,26-30,37,39H,4,10,15-20H2,1-3,5-9H3/b13-11+,14-12+. The molecule has 7 nitrogen and oxygen atoms in total. The second-order valence-electron chi connectivity index (χ2n) is 14.4. The molecule has 3 fully saturated rings. The fourth-order valence-electron chi connectivity index (χ4n) is 8.09. The van der Waals surface area contributed by atoms with Crippen LogP contribution in [0.15, 0.2) is 45.7 Å². The van der Waals surface area contributed by atoms with Gasteiger partial charge in [-0.3, -0.25) is 0 Å². The Balaban J connectivity index is 1.60. The molecule has 0 aromatic carbocycles. The summed E-state index contributed by atoms with van der Waals surface area (Å²) in [6.07, 6.45) is 10.8. The number of aryl methyl sites for hydroxylation is 1. The molecule has 2 aliphatic carbocycles. The highest BCUT2D eigenvalue weighted by molar-refractivity contribution is 5.82. The molecule has 3 aliphatic rings. The summed E-state index contributed by atoms with van der Waals surface area (Å²) >= 11 is 0. The van der Waals surface area contributed by atoms with Gasteiger partial charge in [0.15, 0.2) is 0 Å². The third kappa shape index (κ3) is 6.30. The SMILES string of the molecule is C=C1C(O)CC2C3(C)CCC(OC(=O)/C=C/C=C/C(C)CC)C(C)(C)OC3CCC2(C)C1Cc1c(O)c(C)c(C)oc1=O. The Morgan fingerprint density at radius 3 is 2.49 bits per heavy atom. The second kappa shape index (κ2) is 12.4. The number of carbonyl (C=O) groups is 1. The molecule has 2 saturated carbocycles. The van der Waals surface area contributed by atoms with Crippen molar-refractivity contribution in [3.05, 3.63) is 63.8 Å². The van der Waals surface area contributed by atoms with Crippen LogP contribution in [0.25, 0.3) is 0 Å². The Morgan fingerprint density at radius 1 is 1.14 bits per heavy atom. The largest absolute Gasteiger partial charge is 0.507 e. The number of ether oxygens (including phenoxy) is 2. The number of fused-ring (bicyclic) bond motifs is 3. The first-order chi connectivity index (χ1) is 20.0. The van der Waals surface area contributed by atoms with Gasteiger partial charge in [0.05, 0.1) is 23.4 Å². The first kappa shape index (κ1) is 33.3. The summed E-state index contributed by atoms with van der Waals surface area (Å²) in [4.78, 5) is 25.7. The molecule has 2 heterocycles. The fourth-order valence-corrected chi connectivity index (χ4v) is 8.09. The van der Waals surface area contributed by atoms with Crippen molar-refractivity contribution in [1.29, 1.82) is 0 Å². The highest BCUT2D eigenvalue weighted by atomic mass is 16.6. The van der Waals surface area contributed by atoms with Crippen LogP contribution in [0.4, 0.5) is 0 Å². The van der Waals surface area contributed by atoms with Crippen molar-refractivity contribution in [2.75, 3.05) is 0 Å². The number of aromatic hydroxyl groups is 1. The number of aliphatic hydroxyl groups is 1. The monoisotopic (exact) mass is 596 g/mol. The van der Waals surface area contributed by atoms with E-state index in [0.717, 1.165) is 25.7 Å². The Labute approximate surface area is 257 Å². The summed E-state index contributed by atoms with van der Waals surface area (Å²) < 4.78 is 18.3. The lowest BCUT2D eigenvalue weighted by molar-refractivity contribution is -0.209. The van der Waals surface area contributed by atoms with Gasteiger partial charge in [-0.05, 0) is 100 Å². The number of carbonyl (C=O) groups excluding carboxylic acids is 1. The molecular formula is C36H52O7. The molecule has 8 unspecified atom stereocenters. The Hall–Kier alpha value is -2.64. The molecule has 7 heteroatoms. The van der Waals surface area contributed by atoms with Crippen LogP contribution in [0.5, 0.6) is 5.75 Å². The van der Waals surface area contributed by atoms with Crippen LogP contribution in [0, 0.1) is 42.4 Å². The maximum Gasteiger partial charge on any atom is 0.342 e. The number of esters is 1. The average molecular weight is 597 g/mol. The predicted octanol–water partition coefficient (Wildman–Crippen LogP) is 6.89. The van der Waals surface area contributed by atoms with E-state index in [1.165, 1.54) is 6.08 Å². The number of allylic oxidation sites excluding steroid dienone is 3. The fraction of sp³-hybridized carbons (Fsp3) is 0.667. The van der Waals surface area contributed by atoms with Gasteiger partial charge in [-0.25, -0.2) is 9.59 Å². The van der Waals surface area contributed by atoms with Gasteiger partial charge in [0.25, 0.3) is 0 Å². The lowest BCUT2D eigenvalue weighted by Crippen LogP contribution is -2.59. The summed E-state index contributed by atoms with van der Waals surface area (Å²) in [5.74, 6) is 0.262. The molecule has 1 aromatic heterocycles. The molecule has 43 heavy (non-hydrogen) atoms. The number of hydrogen-bond acceptors (Lipinski definition) is 7. The lowest BCUT2D eigenvalue weighted by Gasteiger charge is -2.62. The van der Waals surface area contributed by atoms with Crippen molar-refractivity contribution in [3.8, 4) is 5.75 Å². The van der Waals surface area contributed by atoms with Crippen molar-refractivity contribution >= 4 is 5.97 Å². The maximum absolute atomic E-state index is 12.9. The summed E-state index contributed by atoms with van der Waals surface area (Å²) in [6, 6.07) is 0. The summed E-state index contributed by atoms with van der Waals surface area (Å²) in [5.41, 5.74) is -0.337. The molecule has 4 rings (SSSR count). The van der Waals surface area contributed by atoms with Crippen LogP contribution >= 0.6 is 0 Å². The van der Waals surface area contributed by atoms with E-state index in [1.54, 1.807) is 19.9 Å². The minimum absolute atomic E-state index is 0.0321. The highest BCUT2D eigenvalue weighted by Gasteiger charge is 2.62. The van der Waals surface area contributed by atoms with Gasteiger partial charge in [0, 0.05) is 11.6 Å². The first-order valence-electron chi connectivity index (χ1n) is 16.0. The zero-order valence-electron chi connectivity index (χ0n) is 27.4. The van der Waals surface area contributed by atoms with Crippen LogP contribution in [-0.4, -0.2) is 40.1 Å². The van der Waals surface area contributed by atoms with Gasteiger partial charge in [0.1, 0.15) is 17.6 Å². The van der Waals surface area contributed by atoms with E-state index < -0.39 is 23.4 Å². The molecule has 1 saturated heterocycles. The smallest absolute Gasteiger partial charge is 0.342 e. The van der Waals surface area contributed by atoms with Crippen molar-refractivity contribution in [2.45, 2.75) is 124 Å². The van der Waals surface area contributed by atoms with E-state index in [-0.39, 0.29) is 52.5 Å². The van der Waals surface area contributed by atoms with E-state index in [1.807, 2.05) is 19.9 Å². The molecule has 238 valence electrons. The van der Waals surface area contributed by atoms with E-state index in [2.05, 4.69) is 40.3 Å². The summed E-state index contributed by atoms with van der Waals surface area (Å²) in [7, 11) is 0. The van der Waals surface area contributed by atoms with Crippen LogP contribution in [0.3, 0.4) is 0 Å². The number of hydrogen-bond donors (Lipinski definition) is 2. The third-order valence-corrected chi connectivity index (χ3v) is 11.3. The minimum atomic E-state index is -0.738. The van der Waals surface area contributed by atoms with Gasteiger partial charge in [-0.1, -0.05) is 58.9 Å². The number of rotatable bonds is 7. The summed E-state index contributed by atoms with van der Waals surface area (Å²) in [6.45, 7) is 20.5. The predicted molar refractivity (Wildman–Crippen MR) is 168 cm³/mol. The molecule has 1 aromatic rings. The molecule has 2 N–H and O–H groups in total. The Bertz CT molecular complexity index is 1340. The average Bonchev–Trinajstić information content (AvgIpc) is 3.04. The molecule has 0 bridgehead atoms.